The van der Waals surface area contributed by atoms with Gasteiger partial charge in [0.1, 0.15) is 5.75 Å². The maximum absolute atomic E-state index is 11.2. The first-order chi connectivity index (χ1) is 11.0. The first-order valence-corrected chi connectivity index (χ1v) is 8.90. The number of phenols is 1. The molecule has 2 nitrogen and oxygen atoms in total. The fraction of sp³-hybridized carbons (Fsp3) is 0.571. The Balaban J connectivity index is 1.71. The fourth-order valence-electron chi connectivity index (χ4n) is 6.03. The molecule has 0 amide bonds. The Hall–Kier alpha value is -1.50. The summed E-state index contributed by atoms with van der Waals surface area (Å²) in [6, 6.07) is 5.92. The quantitative estimate of drug-likeness (QED) is 0.758. The van der Waals surface area contributed by atoms with E-state index in [1.807, 2.05) is 18.2 Å². The Morgan fingerprint density at radius 2 is 2.09 bits per heavy atom. The summed E-state index contributed by atoms with van der Waals surface area (Å²) in [5.41, 5.74) is 4.83. The molecule has 0 aliphatic heterocycles. The lowest BCUT2D eigenvalue weighted by Gasteiger charge is -2.52. The standard InChI is InChI=1S/C21H26O2/c1-3-10-21(23)12-9-19-18-6-4-14-13-15(22)5-7-16(14)17(18)8-11-20(19,21)2/h5,7,10,13,17-19,22-23H,1,4,6,8-9,11-12H2,2H3/t17-,18-,19+,20+,21-/m1/s1. The van der Waals surface area contributed by atoms with Gasteiger partial charge in [0.05, 0.1) is 5.60 Å². The van der Waals surface area contributed by atoms with Crippen LogP contribution in [-0.2, 0) is 6.42 Å². The number of rotatable bonds is 1. The van der Waals surface area contributed by atoms with Crippen LogP contribution < -0.4 is 0 Å². The van der Waals surface area contributed by atoms with Crippen molar-refractivity contribution in [1.82, 2.24) is 0 Å². The molecular formula is C21H26O2. The molecule has 4 rings (SSSR count). The molecule has 2 saturated carbocycles. The van der Waals surface area contributed by atoms with Crippen LogP contribution in [0.2, 0.25) is 0 Å². The lowest BCUT2D eigenvalue weighted by atomic mass is 9.53. The summed E-state index contributed by atoms with van der Waals surface area (Å²) < 4.78 is 0. The maximum atomic E-state index is 11.2. The minimum Gasteiger partial charge on any atom is -0.508 e. The number of hydrogen-bond donors (Lipinski definition) is 2. The van der Waals surface area contributed by atoms with Crippen LogP contribution in [0.5, 0.6) is 5.75 Å². The molecule has 2 heteroatoms. The van der Waals surface area contributed by atoms with Gasteiger partial charge in [-0.15, -0.1) is 5.73 Å². The predicted molar refractivity (Wildman–Crippen MR) is 91.4 cm³/mol. The maximum Gasteiger partial charge on any atom is 0.115 e. The third-order valence-corrected chi connectivity index (χ3v) is 7.27. The Kier molecular flexibility index (Phi) is 3.27. The molecule has 0 unspecified atom stereocenters. The summed E-state index contributed by atoms with van der Waals surface area (Å²) >= 11 is 0. The highest BCUT2D eigenvalue weighted by Crippen LogP contribution is 2.64. The number of fused-ring (bicyclic) bond motifs is 5. The topological polar surface area (TPSA) is 40.5 Å². The number of aromatic hydroxyl groups is 1. The zero-order chi connectivity index (χ0) is 16.2. The number of aliphatic hydroxyl groups is 1. The van der Waals surface area contributed by atoms with Gasteiger partial charge in [-0.05, 0) is 85.6 Å². The van der Waals surface area contributed by atoms with E-state index < -0.39 is 5.60 Å². The Morgan fingerprint density at radius 3 is 2.87 bits per heavy atom. The molecule has 2 N–H and O–H groups in total. The molecule has 0 saturated heterocycles. The second-order valence-corrected chi connectivity index (χ2v) is 8.07. The van der Waals surface area contributed by atoms with Crippen molar-refractivity contribution in [2.45, 2.75) is 57.0 Å². The number of benzene rings is 1. The summed E-state index contributed by atoms with van der Waals surface area (Å²) in [5.74, 6) is 2.19. The molecule has 1 aromatic carbocycles. The Morgan fingerprint density at radius 1 is 1.26 bits per heavy atom. The predicted octanol–water partition coefficient (Wildman–Crippen LogP) is 4.32. The third kappa shape index (κ3) is 1.98. The third-order valence-electron chi connectivity index (χ3n) is 7.27. The molecule has 0 spiro atoms. The normalized spacial score (nSPS) is 41.4. The zero-order valence-electron chi connectivity index (χ0n) is 13.9. The lowest BCUT2D eigenvalue weighted by Crippen LogP contribution is -2.49. The second kappa shape index (κ2) is 5.00. The zero-order valence-corrected chi connectivity index (χ0v) is 13.9. The molecule has 3 aliphatic carbocycles. The van der Waals surface area contributed by atoms with Gasteiger partial charge >= 0.3 is 0 Å². The summed E-state index contributed by atoms with van der Waals surface area (Å²) in [5, 5.41) is 20.9. The van der Waals surface area contributed by atoms with Gasteiger partial charge < -0.3 is 10.2 Å². The van der Waals surface area contributed by atoms with Crippen LogP contribution in [0, 0.1) is 17.3 Å². The first-order valence-electron chi connectivity index (χ1n) is 8.90. The van der Waals surface area contributed by atoms with Crippen LogP contribution in [0.15, 0.2) is 36.6 Å². The van der Waals surface area contributed by atoms with Crippen molar-refractivity contribution in [3.05, 3.63) is 47.7 Å². The molecule has 5 atom stereocenters. The van der Waals surface area contributed by atoms with E-state index in [-0.39, 0.29) is 5.41 Å². The smallest absolute Gasteiger partial charge is 0.115 e. The van der Waals surface area contributed by atoms with E-state index in [4.69, 9.17) is 0 Å². The van der Waals surface area contributed by atoms with E-state index in [0.717, 1.165) is 32.1 Å². The molecule has 3 aliphatic rings. The van der Waals surface area contributed by atoms with Gasteiger partial charge in [-0.25, -0.2) is 0 Å². The number of aryl methyl sites for hydroxylation is 1. The van der Waals surface area contributed by atoms with Crippen LogP contribution in [0.1, 0.15) is 56.1 Å². The van der Waals surface area contributed by atoms with Gasteiger partial charge in [-0.1, -0.05) is 19.6 Å². The number of phenolic OH excluding ortho intramolecular Hbond substituents is 1. The van der Waals surface area contributed by atoms with Crippen LogP contribution in [0.4, 0.5) is 0 Å². The highest BCUT2D eigenvalue weighted by atomic mass is 16.3. The molecule has 0 heterocycles. The molecule has 122 valence electrons. The largest absolute Gasteiger partial charge is 0.508 e. The van der Waals surface area contributed by atoms with Crippen molar-refractivity contribution >= 4 is 0 Å². The van der Waals surface area contributed by atoms with Crippen LogP contribution in [-0.4, -0.2) is 15.8 Å². The summed E-state index contributed by atoms with van der Waals surface area (Å²) in [7, 11) is 0. The molecule has 2 fully saturated rings. The molecule has 23 heavy (non-hydrogen) atoms. The fourth-order valence-corrected chi connectivity index (χ4v) is 6.03. The van der Waals surface area contributed by atoms with Gasteiger partial charge in [0, 0.05) is 5.41 Å². The summed E-state index contributed by atoms with van der Waals surface area (Å²) in [6.45, 7) is 5.97. The van der Waals surface area contributed by atoms with Crippen molar-refractivity contribution < 1.29 is 10.2 Å². The van der Waals surface area contributed by atoms with E-state index in [1.165, 1.54) is 17.5 Å². The van der Waals surface area contributed by atoms with Crippen molar-refractivity contribution in [3.63, 3.8) is 0 Å². The van der Waals surface area contributed by atoms with Gasteiger partial charge in [0.25, 0.3) is 0 Å². The number of hydrogen-bond acceptors (Lipinski definition) is 2. The monoisotopic (exact) mass is 310 g/mol. The van der Waals surface area contributed by atoms with E-state index in [0.29, 0.717) is 23.5 Å². The molecule has 0 bridgehead atoms. The minimum atomic E-state index is -0.736. The highest BCUT2D eigenvalue weighted by Gasteiger charge is 2.60. The highest BCUT2D eigenvalue weighted by molar-refractivity contribution is 5.40. The first kappa shape index (κ1) is 15.1. The van der Waals surface area contributed by atoms with E-state index in [1.54, 1.807) is 0 Å². The van der Waals surface area contributed by atoms with Crippen LogP contribution in [0.25, 0.3) is 0 Å². The molecule has 0 radical (unpaired) electrons. The van der Waals surface area contributed by atoms with E-state index in [9.17, 15) is 10.2 Å². The van der Waals surface area contributed by atoms with Crippen LogP contribution >= 0.6 is 0 Å². The van der Waals surface area contributed by atoms with Crippen molar-refractivity contribution in [2.75, 3.05) is 0 Å². The van der Waals surface area contributed by atoms with E-state index >= 15 is 0 Å². The summed E-state index contributed by atoms with van der Waals surface area (Å²) in [6.07, 6.45) is 8.16. The van der Waals surface area contributed by atoms with Crippen LogP contribution in [0.3, 0.4) is 0 Å². The van der Waals surface area contributed by atoms with Gasteiger partial charge in [-0.3, -0.25) is 0 Å². The van der Waals surface area contributed by atoms with Crippen molar-refractivity contribution in [1.29, 1.82) is 0 Å². The van der Waals surface area contributed by atoms with Gasteiger partial charge in [0.2, 0.25) is 0 Å². The Labute approximate surface area is 138 Å². The average Bonchev–Trinajstić information content (AvgIpc) is 2.79. The van der Waals surface area contributed by atoms with E-state index in [2.05, 4.69) is 25.3 Å². The molecule has 1 aromatic rings. The second-order valence-electron chi connectivity index (χ2n) is 8.07. The SMILES string of the molecule is C=C=C[C@@]1(O)CC[C@H]2[C@@H]3CCc4cc(O)ccc4[C@H]3CC[C@@]21C. The summed E-state index contributed by atoms with van der Waals surface area (Å²) in [4.78, 5) is 0. The molecular weight excluding hydrogens is 284 g/mol. The van der Waals surface area contributed by atoms with Gasteiger partial charge in [-0.2, -0.15) is 0 Å². The molecule has 0 aromatic heterocycles. The lowest BCUT2D eigenvalue weighted by molar-refractivity contribution is -0.0708. The van der Waals surface area contributed by atoms with Crippen molar-refractivity contribution in [3.8, 4) is 5.75 Å². The minimum absolute atomic E-state index is 0.0483. The van der Waals surface area contributed by atoms with Crippen molar-refractivity contribution in [2.24, 2.45) is 17.3 Å². The average molecular weight is 310 g/mol. The van der Waals surface area contributed by atoms with Gasteiger partial charge in [0.15, 0.2) is 0 Å². The Bertz CT molecular complexity index is 687.